The van der Waals surface area contributed by atoms with Crippen LogP contribution in [0.1, 0.15) is 45.2 Å². The van der Waals surface area contributed by atoms with Crippen molar-refractivity contribution in [1.82, 2.24) is 0 Å². The fourth-order valence-electron chi connectivity index (χ4n) is 7.30. The van der Waals surface area contributed by atoms with Gasteiger partial charge in [-0.1, -0.05) is 121 Å². The van der Waals surface area contributed by atoms with Crippen molar-refractivity contribution in [3.8, 4) is 0 Å². The average molecular weight is 423 g/mol. The van der Waals surface area contributed by atoms with Gasteiger partial charge in [0.1, 0.15) is 11.2 Å². The Morgan fingerprint density at radius 1 is 0.455 bits per heavy atom. The van der Waals surface area contributed by atoms with Crippen molar-refractivity contribution in [2.75, 3.05) is 0 Å². The highest BCUT2D eigenvalue weighted by Gasteiger charge is 2.73. The molecule has 1 heteroatoms. The van der Waals surface area contributed by atoms with Crippen LogP contribution in [0.4, 0.5) is 0 Å². The molecular weight excluding hydrogens is 400 g/mol. The van der Waals surface area contributed by atoms with Gasteiger partial charge in [0.2, 0.25) is 0 Å². The number of rotatable bonds is 2. The predicted octanol–water partition coefficient (Wildman–Crippen LogP) is 7.25. The van der Waals surface area contributed by atoms with Gasteiger partial charge in [0.05, 0.1) is 0 Å². The molecule has 5 aromatic rings. The van der Waals surface area contributed by atoms with E-state index in [9.17, 15) is 0 Å². The zero-order valence-corrected chi connectivity index (χ0v) is 18.1. The standard InChI is InChI=1S/C32H22O/c1-3-13-22(14-4-1)31-26-19-7-8-20-27(26)32(33-31,23-15-5-2-6-16-23)30-25-18-10-12-21-11-9-17-24(28(21)25)29(30)31/h1-20,29-30H/t29-,30-,31+,32+/m0/s1. The maximum Gasteiger partial charge on any atom is 0.128 e. The first-order valence-electron chi connectivity index (χ1n) is 11.8. The Bertz CT molecular complexity index is 1440. The van der Waals surface area contributed by atoms with Crippen molar-refractivity contribution < 1.29 is 4.74 Å². The van der Waals surface area contributed by atoms with Gasteiger partial charge in [0, 0.05) is 11.8 Å². The molecule has 0 radical (unpaired) electrons. The van der Waals surface area contributed by atoms with E-state index >= 15 is 0 Å². The van der Waals surface area contributed by atoms with Gasteiger partial charge >= 0.3 is 0 Å². The van der Waals surface area contributed by atoms with Crippen molar-refractivity contribution in [2.45, 2.75) is 23.0 Å². The molecule has 2 heterocycles. The van der Waals surface area contributed by atoms with Crippen molar-refractivity contribution in [3.05, 3.63) is 155 Å². The third kappa shape index (κ3) is 1.91. The van der Waals surface area contributed by atoms with E-state index < -0.39 is 11.2 Å². The van der Waals surface area contributed by atoms with Gasteiger partial charge in [-0.2, -0.15) is 0 Å². The van der Waals surface area contributed by atoms with E-state index in [0.29, 0.717) is 0 Å². The van der Waals surface area contributed by atoms with E-state index in [1.54, 1.807) is 0 Å². The molecule has 0 aromatic heterocycles. The number of fused-ring (bicyclic) bond motifs is 10. The molecule has 0 N–H and O–H groups in total. The Balaban J connectivity index is 1.57. The van der Waals surface area contributed by atoms with Gasteiger partial charge in [-0.25, -0.2) is 0 Å². The first-order chi connectivity index (χ1) is 16.4. The highest BCUT2D eigenvalue weighted by Crippen LogP contribution is 2.76. The summed E-state index contributed by atoms with van der Waals surface area (Å²) in [6.45, 7) is 0. The molecule has 3 aliphatic rings. The lowest BCUT2D eigenvalue weighted by atomic mass is 9.60. The molecule has 0 saturated carbocycles. The number of hydrogen-bond donors (Lipinski definition) is 0. The van der Waals surface area contributed by atoms with E-state index in [0.717, 1.165) is 0 Å². The molecule has 0 amide bonds. The number of hydrogen-bond acceptors (Lipinski definition) is 1. The summed E-state index contributed by atoms with van der Waals surface area (Å²) >= 11 is 0. The molecule has 2 aliphatic heterocycles. The second-order valence-corrected chi connectivity index (χ2v) is 9.60. The molecule has 2 bridgehead atoms. The molecule has 33 heavy (non-hydrogen) atoms. The van der Waals surface area contributed by atoms with Crippen molar-refractivity contribution in [3.63, 3.8) is 0 Å². The first kappa shape index (κ1) is 17.8. The van der Waals surface area contributed by atoms with Crippen LogP contribution in [0.5, 0.6) is 0 Å². The van der Waals surface area contributed by atoms with Crippen LogP contribution >= 0.6 is 0 Å². The quantitative estimate of drug-likeness (QED) is 0.291. The lowest BCUT2D eigenvalue weighted by Gasteiger charge is -2.38. The number of ether oxygens (including phenoxy) is 1. The molecule has 1 nitrogen and oxygen atoms in total. The van der Waals surface area contributed by atoms with Crippen LogP contribution in [0.3, 0.4) is 0 Å². The molecule has 1 saturated heterocycles. The topological polar surface area (TPSA) is 9.23 Å². The third-order valence-corrected chi connectivity index (χ3v) is 8.30. The van der Waals surface area contributed by atoms with Gasteiger partial charge in [0.25, 0.3) is 0 Å². The fourth-order valence-corrected chi connectivity index (χ4v) is 7.30. The van der Waals surface area contributed by atoms with E-state index in [4.69, 9.17) is 4.74 Å². The number of benzene rings is 5. The van der Waals surface area contributed by atoms with E-state index in [1.807, 2.05) is 0 Å². The van der Waals surface area contributed by atoms with Crippen LogP contribution in [-0.4, -0.2) is 0 Å². The fraction of sp³-hybridized carbons (Fsp3) is 0.125. The highest BCUT2D eigenvalue weighted by molar-refractivity contribution is 5.94. The summed E-state index contributed by atoms with van der Waals surface area (Å²) < 4.78 is 7.55. The second-order valence-electron chi connectivity index (χ2n) is 9.60. The molecule has 5 aromatic carbocycles. The summed E-state index contributed by atoms with van der Waals surface area (Å²) in [5, 5.41) is 2.75. The van der Waals surface area contributed by atoms with Crippen molar-refractivity contribution in [2.24, 2.45) is 0 Å². The zero-order valence-electron chi connectivity index (χ0n) is 18.1. The van der Waals surface area contributed by atoms with E-state index in [1.165, 1.54) is 44.2 Å². The third-order valence-electron chi connectivity index (χ3n) is 8.30. The molecule has 1 aliphatic carbocycles. The van der Waals surface area contributed by atoms with Crippen LogP contribution < -0.4 is 0 Å². The molecular formula is C32H22O. The van der Waals surface area contributed by atoms with E-state index in [2.05, 4.69) is 121 Å². The molecule has 1 fully saturated rings. The lowest BCUT2D eigenvalue weighted by Crippen LogP contribution is -2.35. The smallest absolute Gasteiger partial charge is 0.128 e. The van der Waals surface area contributed by atoms with E-state index in [-0.39, 0.29) is 11.8 Å². The second kappa shape index (κ2) is 6.01. The van der Waals surface area contributed by atoms with Crippen molar-refractivity contribution >= 4 is 10.8 Å². The monoisotopic (exact) mass is 422 g/mol. The van der Waals surface area contributed by atoms with Gasteiger partial charge in [-0.3, -0.25) is 0 Å². The predicted molar refractivity (Wildman–Crippen MR) is 131 cm³/mol. The normalized spacial score (nSPS) is 28.1. The summed E-state index contributed by atoms with van der Waals surface area (Å²) in [7, 11) is 0. The Hall–Kier alpha value is -3.68. The van der Waals surface area contributed by atoms with Gasteiger partial charge in [-0.05, 0) is 44.2 Å². The molecule has 0 unspecified atom stereocenters. The van der Waals surface area contributed by atoms with Crippen LogP contribution in [0.15, 0.2) is 121 Å². The summed E-state index contributed by atoms with van der Waals surface area (Å²) in [5.41, 5.74) is 6.91. The highest BCUT2D eigenvalue weighted by atomic mass is 16.5. The van der Waals surface area contributed by atoms with Crippen LogP contribution in [0, 0.1) is 0 Å². The summed E-state index contributed by atoms with van der Waals surface area (Å²) in [4.78, 5) is 0. The SMILES string of the molecule is c1ccc([C@@]23O[C@](c4ccccc4)(c4ccccc42)[C@H]2c4cccc5cccc(c45)[C@@H]23)cc1. The minimum atomic E-state index is -0.522. The summed E-state index contributed by atoms with van der Waals surface area (Å²) in [6.07, 6.45) is 0. The maximum absolute atomic E-state index is 7.55. The Labute approximate surface area is 193 Å². The van der Waals surface area contributed by atoms with Crippen LogP contribution in [-0.2, 0) is 15.9 Å². The van der Waals surface area contributed by atoms with Crippen LogP contribution in [0.25, 0.3) is 10.8 Å². The van der Waals surface area contributed by atoms with Gasteiger partial charge in [0.15, 0.2) is 0 Å². The van der Waals surface area contributed by atoms with Crippen molar-refractivity contribution in [1.29, 1.82) is 0 Å². The molecule has 0 spiro atoms. The minimum absolute atomic E-state index is 0.219. The lowest BCUT2D eigenvalue weighted by molar-refractivity contribution is -0.0480. The van der Waals surface area contributed by atoms with Crippen LogP contribution in [0.2, 0.25) is 0 Å². The maximum atomic E-state index is 7.55. The first-order valence-corrected chi connectivity index (χ1v) is 11.8. The van der Waals surface area contributed by atoms with Gasteiger partial charge < -0.3 is 4.74 Å². The molecule has 4 atom stereocenters. The Kier molecular flexibility index (Phi) is 3.24. The molecule has 8 rings (SSSR count). The largest absolute Gasteiger partial charge is 0.348 e. The minimum Gasteiger partial charge on any atom is -0.348 e. The summed E-state index contributed by atoms with van der Waals surface area (Å²) in [5.74, 6) is 0.437. The summed E-state index contributed by atoms with van der Waals surface area (Å²) in [6, 6.07) is 44.4. The Morgan fingerprint density at radius 3 is 1.39 bits per heavy atom. The zero-order chi connectivity index (χ0) is 21.6. The van der Waals surface area contributed by atoms with Gasteiger partial charge in [-0.15, -0.1) is 0 Å². The Morgan fingerprint density at radius 2 is 0.909 bits per heavy atom. The average Bonchev–Trinajstić information content (AvgIpc) is 3.51. The molecule has 156 valence electrons.